The summed E-state index contributed by atoms with van der Waals surface area (Å²) in [6.45, 7) is 6.38. The van der Waals surface area contributed by atoms with E-state index in [1.807, 2.05) is 4.90 Å². The van der Waals surface area contributed by atoms with Crippen molar-refractivity contribution in [1.82, 2.24) is 19.6 Å². The molecular weight excluding hydrogens is 372 g/mol. The minimum Gasteiger partial charge on any atom is -0.512 e. The summed E-state index contributed by atoms with van der Waals surface area (Å²) in [4.78, 5) is 40.4. The van der Waals surface area contributed by atoms with E-state index >= 15 is 0 Å². The van der Waals surface area contributed by atoms with E-state index in [0.29, 0.717) is 52.4 Å². The molecule has 160 valence electrons. The van der Waals surface area contributed by atoms with Gasteiger partial charge in [-0.25, -0.2) is 0 Å². The van der Waals surface area contributed by atoms with Crippen LogP contribution in [0.2, 0.25) is 0 Å². The molecule has 1 heterocycles. The summed E-state index contributed by atoms with van der Waals surface area (Å²) in [6, 6.07) is 0. The van der Waals surface area contributed by atoms with Crippen molar-refractivity contribution >= 4 is 17.9 Å². The Morgan fingerprint density at radius 2 is 0.750 bits per heavy atom. The summed E-state index contributed by atoms with van der Waals surface area (Å²) in [5, 5.41) is 36.9. The lowest BCUT2D eigenvalue weighted by Gasteiger charge is -2.32. The minimum atomic E-state index is -0.991. The number of carbonyl (C=O) groups is 3. The third-order valence-electron chi connectivity index (χ3n) is 4.41. The van der Waals surface area contributed by atoms with Gasteiger partial charge in [-0.1, -0.05) is 6.58 Å². The molecule has 28 heavy (non-hydrogen) atoms. The second kappa shape index (κ2) is 12.3. The molecule has 0 aromatic rings. The molecular formula is C17H30N4O7. The molecule has 0 aromatic carbocycles. The number of carboxylic acids is 3. The molecule has 0 amide bonds. The van der Waals surface area contributed by atoms with Gasteiger partial charge in [0.05, 0.1) is 31.9 Å². The minimum absolute atomic E-state index is 0.0192. The van der Waals surface area contributed by atoms with Crippen molar-refractivity contribution in [2.24, 2.45) is 0 Å². The smallest absolute Gasteiger partial charge is 0.317 e. The first-order valence-electron chi connectivity index (χ1n) is 9.07. The summed E-state index contributed by atoms with van der Waals surface area (Å²) >= 11 is 0. The maximum absolute atomic E-state index is 11.1. The fourth-order valence-corrected chi connectivity index (χ4v) is 3.04. The molecule has 1 fully saturated rings. The Morgan fingerprint density at radius 3 is 0.929 bits per heavy atom. The second-order valence-electron chi connectivity index (χ2n) is 6.85. The van der Waals surface area contributed by atoms with Gasteiger partial charge in [-0.3, -0.25) is 34.0 Å². The maximum Gasteiger partial charge on any atom is 0.317 e. The normalized spacial score (nSPS) is 19.4. The molecule has 1 aliphatic rings. The van der Waals surface area contributed by atoms with E-state index in [-0.39, 0.29) is 31.9 Å². The van der Waals surface area contributed by atoms with Gasteiger partial charge in [-0.05, 0) is 0 Å². The standard InChI is InChI=1S/C17H30N4O7/c1-14(22)10-18-2-4-19(11-15(23)24)6-8-21(13-17(27)28)9-7-20(5-3-18)12-16(25)26/h22H,1-13H2,(H,23,24)(H,25,26)(H,27,28). The van der Waals surface area contributed by atoms with Crippen molar-refractivity contribution in [3.63, 3.8) is 0 Å². The molecule has 0 spiro atoms. The number of aliphatic hydroxyl groups is 1. The molecule has 0 aromatic heterocycles. The first-order chi connectivity index (χ1) is 13.2. The van der Waals surface area contributed by atoms with Crippen LogP contribution in [-0.2, 0) is 14.4 Å². The predicted octanol–water partition coefficient (Wildman–Crippen LogP) is -1.47. The summed E-state index contributed by atoms with van der Waals surface area (Å²) in [7, 11) is 0. The van der Waals surface area contributed by atoms with Crippen LogP contribution in [0.4, 0.5) is 0 Å². The highest BCUT2D eigenvalue weighted by molar-refractivity contribution is 5.69. The molecule has 0 unspecified atom stereocenters. The Kier molecular flexibility index (Phi) is 10.5. The van der Waals surface area contributed by atoms with Gasteiger partial charge in [-0.15, -0.1) is 0 Å². The third kappa shape index (κ3) is 10.8. The van der Waals surface area contributed by atoms with E-state index in [9.17, 15) is 19.5 Å². The van der Waals surface area contributed by atoms with Crippen molar-refractivity contribution in [3.05, 3.63) is 12.3 Å². The van der Waals surface area contributed by atoms with Crippen LogP contribution < -0.4 is 0 Å². The number of nitrogens with zero attached hydrogens (tertiary/aromatic N) is 4. The first-order valence-corrected chi connectivity index (χ1v) is 9.07. The molecule has 11 heteroatoms. The highest BCUT2D eigenvalue weighted by Crippen LogP contribution is 2.02. The van der Waals surface area contributed by atoms with Crippen LogP contribution in [0.1, 0.15) is 0 Å². The van der Waals surface area contributed by atoms with Crippen molar-refractivity contribution in [1.29, 1.82) is 0 Å². The average Bonchev–Trinajstić information content (AvgIpc) is 2.55. The van der Waals surface area contributed by atoms with Gasteiger partial charge in [0, 0.05) is 52.4 Å². The molecule has 0 saturated carbocycles. The second-order valence-corrected chi connectivity index (χ2v) is 6.85. The summed E-state index contributed by atoms with van der Waals surface area (Å²) in [5.74, 6) is -2.95. The van der Waals surface area contributed by atoms with Crippen molar-refractivity contribution in [2.75, 3.05) is 78.5 Å². The largest absolute Gasteiger partial charge is 0.512 e. The Labute approximate surface area is 164 Å². The van der Waals surface area contributed by atoms with Gasteiger partial charge in [0.1, 0.15) is 0 Å². The maximum atomic E-state index is 11.1. The van der Waals surface area contributed by atoms with Crippen LogP contribution in [0.25, 0.3) is 0 Å². The molecule has 4 N–H and O–H groups in total. The number of aliphatic carboxylic acids is 3. The number of hydrogen-bond acceptors (Lipinski definition) is 8. The molecule has 0 aliphatic carbocycles. The van der Waals surface area contributed by atoms with E-state index in [1.54, 1.807) is 14.7 Å². The monoisotopic (exact) mass is 402 g/mol. The quantitative estimate of drug-likeness (QED) is 0.353. The Hall–Kier alpha value is -2.21. The van der Waals surface area contributed by atoms with Gasteiger partial charge in [0.2, 0.25) is 0 Å². The highest BCUT2D eigenvalue weighted by Gasteiger charge is 2.20. The van der Waals surface area contributed by atoms with E-state index in [1.165, 1.54) is 0 Å². The fraction of sp³-hybridized carbons (Fsp3) is 0.706. The highest BCUT2D eigenvalue weighted by atomic mass is 16.4. The predicted molar refractivity (Wildman–Crippen MR) is 100 cm³/mol. The Morgan fingerprint density at radius 1 is 0.536 bits per heavy atom. The molecule has 0 atom stereocenters. The molecule has 1 aliphatic heterocycles. The van der Waals surface area contributed by atoms with Crippen LogP contribution in [0.3, 0.4) is 0 Å². The van der Waals surface area contributed by atoms with Gasteiger partial charge in [0.25, 0.3) is 0 Å². The van der Waals surface area contributed by atoms with Crippen LogP contribution in [0.15, 0.2) is 12.3 Å². The van der Waals surface area contributed by atoms with Gasteiger partial charge >= 0.3 is 17.9 Å². The van der Waals surface area contributed by atoms with Gasteiger partial charge in [-0.2, -0.15) is 0 Å². The lowest BCUT2D eigenvalue weighted by Crippen LogP contribution is -2.48. The van der Waals surface area contributed by atoms with Gasteiger partial charge in [0.15, 0.2) is 0 Å². The number of rotatable bonds is 8. The Bertz CT molecular complexity index is 446. The van der Waals surface area contributed by atoms with E-state index in [4.69, 9.17) is 15.3 Å². The van der Waals surface area contributed by atoms with E-state index in [2.05, 4.69) is 6.58 Å². The molecule has 0 radical (unpaired) electrons. The van der Waals surface area contributed by atoms with Crippen molar-refractivity contribution in [3.8, 4) is 0 Å². The lowest BCUT2D eigenvalue weighted by molar-refractivity contribution is -0.140. The summed E-state index contributed by atoms with van der Waals surface area (Å²) in [5.41, 5.74) is 0. The molecule has 0 bridgehead atoms. The number of carboxylic acid groups (broad SMARTS) is 3. The third-order valence-corrected chi connectivity index (χ3v) is 4.41. The van der Waals surface area contributed by atoms with Crippen molar-refractivity contribution < 1.29 is 34.8 Å². The van der Waals surface area contributed by atoms with Crippen molar-refractivity contribution in [2.45, 2.75) is 0 Å². The van der Waals surface area contributed by atoms with Crippen LogP contribution >= 0.6 is 0 Å². The molecule has 1 rings (SSSR count). The van der Waals surface area contributed by atoms with E-state index < -0.39 is 17.9 Å². The molecule has 11 nitrogen and oxygen atoms in total. The zero-order valence-corrected chi connectivity index (χ0v) is 16.0. The van der Waals surface area contributed by atoms with Crippen LogP contribution in [-0.4, -0.2) is 136 Å². The molecule has 1 saturated heterocycles. The van der Waals surface area contributed by atoms with Crippen LogP contribution in [0, 0.1) is 0 Å². The fourth-order valence-electron chi connectivity index (χ4n) is 3.04. The SMILES string of the molecule is C=C(O)CN1CCN(CC(=O)O)CCN(CC(=O)O)CCN(CC(=O)O)CC1. The van der Waals surface area contributed by atoms with Gasteiger partial charge < -0.3 is 20.4 Å². The summed E-state index contributed by atoms with van der Waals surface area (Å²) < 4.78 is 0. The Balaban J connectivity index is 2.90. The lowest BCUT2D eigenvalue weighted by atomic mass is 10.3. The zero-order valence-electron chi connectivity index (χ0n) is 16.0. The number of hydrogen-bond donors (Lipinski definition) is 4. The topological polar surface area (TPSA) is 145 Å². The summed E-state index contributed by atoms with van der Waals surface area (Å²) in [6.07, 6.45) is 0. The number of aliphatic hydroxyl groups excluding tert-OH is 1. The zero-order chi connectivity index (χ0) is 21.1. The average molecular weight is 402 g/mol. The van der Waals surface area contributed by atoms with E-state index in [0.717, 1.165) is 0 Å². The first kappa shape index (κ1) is 23.8. The van der Waals surface area contributed by atoms with Crippen LogP contribution in [0.5, 0.6) is 0 Å².